The standard InChI is InChI=1S/C22H20O/c1-22(2,3)20(17-12-8-5-9-13-17)15-18-14-19(21(18)23)16-10-6-4-7-11-16/h4-14H,1-3H3. The van der Waals surface area contributed by atoms with Crippen molar-refractivity contribution in [2.45, 2.75) is 20.8 Å². The predicted molar refractivity (Wildman–Crippen MR) is 95.8 cm³/mol. The van der Waals surface area contributed by atoms with Crippen molar-refractivity contribution in [3.63, 3.8) is 0 Å². The van der Waals surface area contributed by atoms with Crippen molar-refractivity contribution in [2.24, 2.45) is 5.41 Å². The van der Waals surface area contributed by atoms with Crippen LogP contribution in [0.15, 0.2) is 78.0 Å². The third-order valence-corrected chi connectivity index (χ3v) is 3.93. The van der Waals surface area contributed by atoms with Crippen LogP contribution in [-0.4, -0.2) is 5.78 Å². The molecular formula is C22H20O. The Morgan fingerprint density at radius 2 is 1.43 bits per heavy atom. The Morgan fingerprint density at radius 1 is 0.870 bits per heavy atom. The van der Waals surface area contributed by atoms with E-state index in [0.717, 1.165) is 22.3 Å². The van der Waals surface area contributed by atoms with E-state index in [9.17, 15) is 4.79 Å². The van der Waals surface area contributed by atoms with Crippen LogP contribution in [0.25, 0.3) is 11.1 Å². The van der Waals surface area contributed by atoms with Gasteiger partial charge in [-0.2, -0.15) is 0 Å². The number of benzene rings is 2. The Bertz CT molecular complexity index is 825. The minimum atomic E-state index is -0.0784. The van der Waals surface area contributed by atoms with Gasteiger partial charge in [0.05, 0.1) is 5.57 Å². The SMILES string of the molecule is CC(C)(C)C(=C=C1C=C(c2ccccc2)C1=O)c1ccccc1. The molecule has 0 N–H and O–H groups in total. The zero-order chi connectivity index (χ0) is 16.4. The molecule has 0 atom stereocenters. The first-order valence-corrected chi connectivity index (χ1v) is 7.85. The van der Waals surface area contributed by atoms with Gasteiger partial charge in [-0.15, -0.1) is 5.73 Å². The van der Waals surface area contributed by atoms with Gasteiger partial charge in [0.2, 0.25) is 5.78 Å². The Hall–Kier alpha value is -2.63. The van der Waals surface area contributed by atoms with Crippen LogP contribution in [0.1, 0.15) is 31.9 Å². The van der Waals surface area contributed by atoms with Gasteiger partial charge >= 0.3 is 0 Å². The number of allylic oxidation sites excluding steroid dienone is 3. The van der Waals surface area contributed by atoms with E-state index in [1.165, 1.54) is 0 Å². The zero-order valence-electron chi connectivity index (χ0n) is 13.8. The Labute approximate surface area is 137 Å². The van der Waals surface area contributed by atoms with Crippen LogP contribution < -0.4 is 0 Å². The molecule has 0 amide bonds. The molecule has 23 heavy (non-hydrogen) atoms. The molecule has 0 fully saturated rings. The topological polar surface area (TPSA) is 17.1 Å². The molecular weight excluding hydrogens is 280 g/mol. The molecule has 114 valence electrons. The van der Waals surface area contributed by atoms with Gasteiger partial charge in [-0.25, -0.2) is 0 Å². The average molecular weight is 300 g/mol. The van der Waals surface area contributed by atoms with E-state index in [2.05, 4.69) is 38.6 Å². The van der Waals surface area contributed by atoms with E-state index in [0.29, 0.717) is 5.57 Å². The van der Waals surface area contributed by atoms with Crippen molar-refractivity contribution in [1.29, 1.82) is 0 Å². The van der Waals surface area contributed by atoms with Crippen LogP contribution in [0.5, 0.6) is 0 Å². The molecule has 0 saturated carbocycles. The van der Waals surface area contributed by atoms with Crippen molar-refractivity contribution < 1.29 is 4.79 Å². The minimum Gasteiger partial charge on any atom is -0.288 e. The molecule has 2 aromatic rings. The number of Topliss-reactive ketones (excluding diaryl/α,β-unsaturated/α-hetero) is 1. The molecule has 0 bridgehead atoms. The predicted octanol–water partition coefficient (Wildman–Crippen LogP) is 5.31. The largest absolute Gasteiger partial charge is 0.288 e. The van der Waals surface area contributed by atoms with E-state index in [4.69, 9.17) is 0 Å². The van der Waals surface area contributed by atoms with Crippen LogP contribution in [0.4, 0.5) is 0 Å². The Balaban J connectivity index is 2.09. The first-order valence-electron chi connectivity index (χ1n) is 7.85. The minimum absolute atomic E-state index is 0.0777. The van der Waals surface area contributed by atoms with Gasteiger partial charge in [-0.05, 0) is 22.6 Å². The molecule has 1 aliphatic carbocycles. The first kappa shape index (κ1) is 15.3. The normalized spacial score (nSPS) is 14.0. The lowest BCUT2D eigenvalue weighted by Crippen LogP contribution is -2.15. The fourth-order valence-corrected chi connectivity index (χ4v) is 2.70. The second kappa shape index (κ2) is 5.87. The molecule has 0 aliphatic heterocycles. The van der Waals surface area contributed by atoms with Crippen molar-refractivity contribution in [3.05, 3.63) is 89.2 Å². The number of rotatable bonds is 2. The lowest BCUT2D eigenvalue weighted by atomic mass is 9.80. The summed E-state index contributed by atoms with van der Waals surface area (Å²) in [6.45, 7) is 6.44. The maximum Gasteiger partial charge on any atom is 0.201 e. The molecule has 3 rings (SSSR count). The van der Waals surface area contributed by atoms with E-state index in [1.807, 2.05) is 54.6 Å². The zero-order valence-corrected chi connectivity index (χ0v) is 13.8. The van der Waals surface area contributed by atoms with Gasteiger partial charge in [-0.1, -0.05) is 81.4 Å². The summed E-state index contributed by atoms with van der Waals surface area (Å²) in [6.07, 6.45) is 1.94. The van der Waals surface area contributed by atoms with Gasteiger partial charge < -0.3 is 0 Å². The fourth-order valence-electron chi connectivity index (χ4n) is 2.70. The van der Waals surface area contributed by atoms with Crippen LogP contribution in [0.2, 0.25) is 0 Å². The lowest BCUT2D eigenvalue weighted by Gasteiger charge is -2.23. The summed E-state index contributed by atoms with van der Waals surface area (Å²) in [5.74, 6) is 0.0777. The van der Waals surface area contributed by atoms with Crippen molar-refractivity contribution in [3.8, 4) is 0 Å². The Morgan fingerprint density at radius 3 is 1.96 bits per heavy atom. The summed E-state index contributed by atoms with van der Waals surface area (Å²) < 4.78 is 0. The molecule has 0 radical (unpaired) electrons. The molecule has 2 aromatic carbocycles. The highest BCUT2D eigenvalue weighted by molar-refractivity contribution is 6.37. The molecule has 1 heteroatoms. The molecule has 1 aliphatic rings. The summed E-state index contributed by atoms with van der Waals surface area (Å²) in [6, 6.07) is 20.0. The van der Waals surface area contributed by atoms with E-state index in [-0.39, 0.29) is 11.2 Å². The van der Waals surface area contributed by atoms with Crippen molar-refractivity contribution in [2.75, 3.05) is 0 Å². The molecule has 0 aromatic heterocycles. The highest BCUT2D eigenvalue weighted by Crippen LogP contribution is 2.36. The van der Waals surface area contributed by atoms with Crippen LogP contribution in [0, 0.1) is 5.41 Å². The van der Waals surface area contributed by atoms with Gasteiger partial charge in [0.25, 0.3) is 0 Å². The maximum atomic E-state index is 12.5. The average Bonchev–Trinajstić information content (AvgIpc) is 2.54. The van der Waals surface area contributed by atoms with Crippen LogP contribution in [-0.2, 0) is 4.79 Å². The number of ketones is 1. The molecule has 0 saturated heterocycles. The summed E-state index contributed by atoms with van der Waals surface area (Å²) in [4.78, 5) is 12.5. The molecule has 0 heterocycles. The van der Waals surface area contributed by atoms with E-state index < -0.39 is 0 Å². The smallest absolute Gasteiger partial charge is 0.201 e. The third kappa shape index (κ3) is 3.11. The summed E-state index contributed by atoms with van der Waals surface area (Å²) in [7, 11) is 0. The molecule has 1 nitrogen and oxygen atoms in total. The highest BCUT2D eigenvalue weighted by atomic mass is 16.1. The van der Waals surface area contributed by atoms with Crippen molar-refractivity contribution >= 4 is 16.9 Å². The fraction of sp³-hybridized carbons (Fsp3) is 0.182. The summed E-state index contributed by atoms with van der Waals surface area (Å²) in [5.41, 5.74) is 7.87. The number of hydrogen-bond acceptors (Lipinski definition) is 1. The highest BCUT2D eigenvalue weighted by Gasteiger charge is 2.26. The van der Waals surface area contributed by atoms with Crippen LogP contribution in [0.3, 0.4) is 0 Å². The monoisotopic (exact) mass is 300 g/mol. The van der Waals surface area contributed by atoms with E-state index >= 15 is 0 Å². The van der Waals surface area contributed by atoms with Crippen molar-refractivity contribution in [1.82, 2.24) is 0 Å². The summed E-state index contributed by atoms with van der Waals surface area (Å²) >= 11 is 0. The lowest BCUT2D eigenvalue weighted by molar-refractivity contribution is -0.110. The van der Waals surface area contributed by atoms with Gasteiger partial charge in [0, 0.05) is 11.1 Å². The van der Waals surface area contributed by atoms with Crippen LogP contribution >= 0.6 is 0 Å². The third-order valence-electron chi connectivity index (χ3n) is 3.93. The van der Waals surface area contributed by atoms with E-state index in [1.54, 1.807) is 0 Å². The van der Waals surface area contributed by atoms with Gasteiger partial charge in [0.15, 0.2) is 0 Å². The second-order valence-electron chi connectivity index (χ2n) is 6.78. The Kier molecular flexibility index (Phi) is 3.90. The number of hydrogen-bond donors (Lipinski definition) is 0. The molecule has 0 unspecified atom stereocenters. The van der Waals surface area contributed by atoms with Gasteiger partial charge in [0.1, 0.15) is 0 Å². The maximum absolute atomic E-state index is 12.5. The quantitative estimate of drug-likeness (QED) is 0.543. The second-order valence-corrected chi connectivity index (χ2v) is 6.78. The first-order chi connectivity index (χ1) is 11.0. The molecule has 0 spiro atoms. The number of carbonyl (C=O) groups is 1. The van der Waals surface area contributed by atoms with Gasteiger partial charge in [-0.3, -0.25) is 4.79 Å². The summed E-state index contributed by atoms with van der Waals surface area (Å²) in [5, 5.41) is 0. The number of carbonyl (C=O) groups excluding carboxylic acids is 1.